The molecular formula is C7H12O8. The number of rotatable bonds is 5. The van der Waals surface area contributed by atoms with Crippen LogP contribution in [0, 0.1) is 0 Å². The second kappa shape index (κ2) is 7.83. The molecule has 88 valence electrons. The van der Waals surface area contributed by atoms with Crippen LogP contribution in [-0.2, 0) is 24.0 Å². The Hall–Kier alpha value is -1.54. The molecule has 8 nitrogen and oxygen atoms in total. The van der Waals surface area contributed by atoms with Gasteiger partial charge in [-0.05, 0) is 0 Å². The van der Waals surface area contributed by atoms with Crippen molar-refractivity contribution in [1.29, 1.82) is 0 Å². The summed E-state index contributed by atoms with van der Waals surface area (Å²) in [4.78, 5) is 27.6. The van der Waals surface area contributed by atoms with Gasteiger partial charge in [0.25, 0.3) is 0 Å². The molecule has 0 aliphatic carbocycles. The fourth-order valence-electron chi connectivity index (χ4n) is 0.664. The number of carboxylic acid groups (broad SMARTS) is 1. The van der Waals surface area contributed by atoms with E-state index < -0.39 is 18.6 Å². The molecule has 0 bridgehead atoms. The van der Waals surface area contributed by atoms with Gasteiger partial charge >= 0.3 is 12.3 Å². The van der Waals surface area contributed by atoms with Crippen LogP contribution in [0.4, 0.5) is 9.59 Å². The Morgan fingerprint density at radius 3 is 2.27 bits per heavy atom. The molecule has 0 aromatic heterocycles. The Balaban J connectivity index is 3.49. The van der Waals surface area contributed by atoms with Crippen molar-refractivity contribution >= 4 is 12.3 Å². The SMILES string of the molecule is COC(CCOC(=O)OOC(=O)O)OC. The van der Waals surface area contributed by atoms with Crippen LogP contribution < -0.4 is 0 Å². The number of ether oxygens (including phenoxy) is 3. The molecule has 0 saturated carbocycles. The highest BCUT2D eigenvalue weighted by Crippen LogP contribution is 1.99. The molecule has 0 rings (SSSR count). The van der Waals surface area contributed by atoms with Crippen LogP contribution in [0.15, 0.2) is 0 Å². The van der Waals surface area contributed by atoms with Crippen LogP contribution in [0.1, 0.15) is 6.42 Å². The summed E-state index contributed by atoms with van der Waals surface area (Å²) in [6.45, 7) is -0.0475. The van der Waals surface area contributed by atoms with Crippen molar-refractivity contribution < 1.29 is 38.7 Å². The molecule has 8 heteroatoms. The lowest BCUT2D eigenvalue weighted by molar-refractivity contribution is -0.214. The zero-order valence-electron chi connectivity index (χ0n) is 8.30. The highest BCUT2D eigenvalue weighted by Gasteiger charge is 2.11. The molecular weight excluding hydrogens is 212 g/mol. The van der Waals surface area contributed by atoms with E-state index in [1.807, 2.05) is 0 Å². The highest BCUT2D eigenvalue weighted by molar-refractivity contribution is 5.62. The maximum absolute atomic E-state index is 10.6. The number of carbonyl (C=O) groups is 2. The molecule has 0 aliphatic heterocycles. The van der Waals surface area contributed by atoms with Gasteiger partial charge in [0.15, 0.2) is 6.29 Å². The fourth-order valence-corrected chi connectivity index (χ4v) is 0.664. The Morgan fingerprint density at radius 1 is 1.20 bits per heavy atom. The Bertz CT molecular complexity index is 199. The molecule has 0 aromatic rings. The third-order valence-corrected chi connectivity index (χ3v) is 1.28. The van der Waals surface area contributed by atoms with Crippen molar-refractivity contribution in [1.82, 2.24) is 0 Å². The monoisotopic (exact) mass is 224 g/mol. The summed E-state index contributed by atoms with van der Waals surface area (Å²) in [5.41, 5.74) is 0. The lowest BCUT2D eigenvalue weighted by atomic mass is 10.4. The molecule has 0 radical (unpaired) electrons. The number of hydrogen-bond acceptors (Lipinski definition) is 7. The zero-order chi connectivity index (χ0) is 11.7. The van der Waals surface area contributed by atoms with Gasteiger partial charge in [-0.25, -0.2) is 9.68 Å². The molecule has 0 aromatic carbocycles. The molecule has 0 unspecified atom stereocenters. The Labute approximate surface area is 85.5 Å². The van der Waals surface area contributed by atoms with Crippen LogP contribution >= 0.6 is 0 Å². The van der Waals surface area contributed by atoms with E-state index in [0.29, 0.717) is 0 Å². The number of carbonyl (C=O) groups excluding carboxylic acids is 1. The van der Waals surface area contributed by atoms with Gasteiger partial charge in [-0.1, -0.05) is 0 Å². The van der Waals surface area contributed by atoms with E-state index in [-0.39, 0.29) is 13.0 Å². The first-order valence-corrected chi connectivity index (χ1v) is 3.90. The van der Waals surface area contributed by atoms with Crippen LogP contribution in [0.3, 0.4) is 0 Å². The maximum Gasteiger partial charge on any atom is 0.550 e. The zero-order valence-corrected chi connectivity index (χ0v) is 8.30. The molecule has 15 heavy (non-hydrogen) atoms. The third-order valence-electron chi connectivity index (χ3n) is 1.28. The lowest BCUT2D eigenvalue weighted by Crippen LogP contribution is -2.18. The van der Waals surface area contributed by atoms with Crippen LogP contribution in [0.2, 0.25) is 0 Å². The Morgan fingerprint density at radius 2 is 1.80 bits per heavy atom. The first-order valence-electron chi connectivity index (χ1n) is 3.90. The largest absolute Gasteiger partial charge is 0.550 e. The molecule has 0 spiro atoms. The van der Waals surface area contributed by atoms with Gasteiger partial charge in [0.05, 0.1) is 6.61 Å². The molecule has 0 amide bonds. The average Bonchev–Trinajstić information content (AvgIpc) is 2.21. The van der Waals surface area contributed by atoms with Crippen molar-refractivity contribution in [2.75, 3.05) is 20.8 Å². The van der Waals surface area contributed by atoms with Crippen molar-refractivity contribution in [2.24, 2.45) is 0 Å². The maximum atomic E-state index is 10.6. The lowest BCUT2D eigenvalue weighted by Gasteiger charge is -2.12. The first-order chi connectivity index (χ1) is 7.10. The van der Waals surface area contributed by atoms with Crippen LogP contribution in [0.25, 0.3) is 0 Å². The standard InChI is InChI=1S/C7H12O8/c1-11-5(12-2)3-4-13-7(10)15-14-6(8)9/h5H,3-4H2,1-2H3,(H,8,9). The van der Waals surface area contributed by atoms with Gasteiger partial charge in [-0.3, -0.25) is 0 Å². The predicted molar refractivity (Wildman–Crippen MR) is 44.0 cm³/mol. The van der Waals surface area contributed by atoms with Crippen molar-refractivity contribution in [3.05, 3.63) is 0 Å². The minimum absolute atomic E-state index is 0.0475. The topological polar surface area (TPSA) is 101 Å². The number of hydrogen-bond donors (Lipinski definition) is 1. The molecule has 0 fully saturated rings. The molecule has 0 saturated heterocycles. The van der Waals surface area contributed by atoms with E-state index in [1.54, 1.807) is 0 Å². The van der Waals surface area contributed by atoms with E-state index in [2.05, 4.69) is 14.5 Å². The smallest absolute Gasteiger partial charge is 0.447 e. The molecule has 1 N–H and O–H groups in total. The second-order valence-electron chi connectivity index (χ2n) is 2.22. The summed E-state index contributed by atoms with van der Waals surface area (Å²) in [7, 11) is 2.86. The van der Waals surface area contributed by atoms with Crippen molar-refractivity contribution in [3.8, 4) is 0 Å². The van der Waals surface area contributed by atoms with Gasteiger partial charge in [-0.2, -0.15) is 9.68 Å². The second-order valence-corrected chi connectivity index (χ2v) is 2.22. The van der Waals surface area contributed by atoms with Gasteiger partial charge in [0, 0.05) is 20.6 Å². The van der Waals surface area contributed by atoms with Crippen LogP contribution in [0.5, 0.6) is 0 Å². The summed E-state index contributed by atoms with van der Waals surface area (Å²) in [5.74, 6) is 0. The minimum atomic E-state index is -1.74. The average molecular weight is 224 g/mol. The first kappa shape index (κ1) is 13.5. The summed E-state index contributed by atoms with van der Waals surface area (Å²) in [6.07, 6.45) is -3.20. The van der Waals surface area contributed by atoms with E-state index in [1.165, 1.54) is 14.2 Å². The third kappa shape index (κ3) is 7.52. The Kier molecular flexibility index (Phi) is 7.02. The van der Waals surface area contributed by atoms with E-state index >= 15 is 0 Å². The number of methoxy groups -OCH3 is 2. The summed E-state index contributed by atoms with van der Waals surface area (Å²) >= 11 is 0. The molecule has 0 atom stereocenters. The van der Waals surface area contributed by atoms with Gasteiger partial charge in [-0.15, -0.1) is 0 Å². The van der Waals surface area contributed by atoms with E-state index in [9.17, 15) is 9.59 Å². The highest BCUT2D eigenvalue weighted by atomic mass is 17.3. The van der Waals surface area contributed by atoms with Crippen LogP contribution in [-0.4, -0.2) is 44.5 Å². The summed E-state index contributed by atoms with van der Waals surface area (Å²) in [5, 5.41) is 7.96. The molecule has 0 heterocycles. The van der Waals surface area contributed by atoms with Crippen molar-refractivity contribution in [3.63, 3.8) is 0 Å². The quantitative estimate of drug-likeness (QED) is 0.316. The predicted octanol–water partition coefficient (Wildman–Crippen LogP) is 0.758. The van der Waals surface area contributed by atoms with E-state index in [4.69, 9.17) is 14.6 Å². The normalized spacial score (nSPS) is 9.80. The van der Waals surface area contributed by atoms with Crippen molar-refractivity contribution in [2.45, 2.75) is 12.7 Å². The fraction of sp³-hybridized carbons (Fsp3) is 0.714. The van der Waals surface area contributed by atoms with Gasteiger partial charge in [0.2, 0.25) is 0 Å². The van der Waals surface area contributed by atoms with Gasteiger partial charge < -0.3 is 19.3 Å². The van der Waals surface area contributed by atoms with Gasteiger partial charge in [0.1, 0.15) is 0 Å². The molecule has 0 aliphatic rings. The minimum Gasteiger partial charge on any atom is -0.447 e. The van der Waals surface area contributed by atoms with E-state index in [0.717, 1.165) is 0 Å². The summed E-state index contributed by atoms with van der Waals surface area (Å²) in [6, 6.07) is 0. The summed E-state index contributed by atoms with van der Waals surface area (Å²) < 4.78 is 14.0.